The lowest BCUT2D eigenvalue weighted by Gasteiger charge is -2.29. The Morgan fingerprint density at radius 1 is 0.909 bits per heavy atom. The molecule has 0 spiro atoms. The molecule has 33 heavy (non-hydrogen) atoms. The van der Waals surface area contributed by atoms with Crippen molar-refractivity contribution >= 4 is 29.9 Å². The van der Waals surface area contributed by atoms with Crippen molar-refractivity contribution in [2.24, 2.45) is 0 Å². The number of nitrogens with zero attached hydrogens (tertiary/aromatic N) is 1. The number of hydrogen-bond donors (Lipinski definition) is 0. The number of hydrogen-bond acceptors (Lipinski definition) is 5. The summed E-state index contributed by atoms with van der Waals surface area (Å²) >= 11 is 5.98. The fourth-order valence-corrected chi connectivity index (χ4v) is 2.86. The Morgan fingerprint density at radius 2 is 1.52 bits per heavy atom. The lowest BCUT2D eigenvalue weighted by atomic mass is 10.0. The van der Waals surface area contributed by atoms with E-state index in [4.69, 9.17) is 25.9 Å². The summed E-state index contributed by atoms with van der Waals surface area (Å²) < 4.78 is 10.6. The molecule has 0 aliphatic heterocycles. The highest BCUT2D eigenvalue weighted by atomic mass is 35.5. The first kappa shape index (κ1) is 26.3. The summed E-state index contributed by atoms with van der Waals surface area (Å²) in [6, 6.07) is 14.9. The molecule has 0 saturated heterocycles. The van der Waals surface area contributed by atoms with Gasteiger partial charge in [-0.15, -0.1) is 5.06 Å². The Bertz CT molecular complexity index is 987. The topological polar surface area (TPSA) is 65.1 Å². The van der Waals surface area contributed by atoms with Crippen molar-refractivity contribution in [1.29, 1.82) is 0 Å². The van der Waals surface area contributed by atoms with Gasteiger partial charge in [-0.05, 0) is 83.4 Å². The first-order valence-corrected chi connectivity index (χ1v) is 11.1. The average molecular weight is 474 g/mol. The highest BCUT2D eigenvalue weighted by Crippen LogP contribution is 2.23. The fraction of sp³-hybridized carbons (Fsp3) is 0.385. The molecule has 2 aromatic carbocycles. The van der Waals surface area contributed by atoms with Crippen LogP contribution in [0.25, 0.3) is 17.2 Å². The zero-order chi connectivity index (χ0) is 24.8. The van der Waals surface area contributed by atoms with Crippen molar-refractivity contribution in [3.05, 3.63) is 65.2 Å². The van der Waals surface area contributed by atoms with Gasteiger partial charge in [0.2, 0.25) is 0 Å². The normalized spacial score (nSPS) is 12.8. The van der Waals surface area contributed by atoms with Crippen LogP contribution in [-0.4, -0.2) is 34.6 Å². The maximum Gasteiger partial charge on any atom is 0.534 e. The molecular formula is C26H32ClNO5. The predicted molar refractivity (Wildman–Crippen MR) is 131 cm³/mol. The lowest BCUT2D eigenvalue weighted by Crippen LogP contribution is -2.43. The van der Waals surface area contributed by atoms with E-state index in [9.17, 15) is 9.59 Å². The maximum atomic E-state index is 12.7. The monoisotopic (exact) mass is 473 g/mol. The Kier molecular flexibility index (Phi) is 8.56. The molecule has 0 fully saturated rings. The third-order valence-corrected chi connectivity index (χ3v) is 4.39. The van der Waals surface area contributed by atoms with Gasteiger partial charge >= 0.3 is 12.2 Å². The summed E-state index contributed by atoms with van der Waals surface area (Å²) in [4.78, 5) is 30.1. The van der Waals surface area contributed by atoms with E-state index in [0.29, 0.717) is 5.02 Å². The third-order valence-electron chi connectivity index (χ3n) is 4.14. The highest BCUT2D eigenvalue weighted by Gasteiger charge is 2.30. The fourth-order valence-electron chi connectivity index (χ4n) is 2.74. The van der Waals surface area contributed by atoms with E-state index >= 15 is 0 Å². The van der Waals surface area contributed by atoms with Gasteiger partial charge < -0.3 is 9.47 Å². The van der Waals surface area contributed by atoms with Crippen LogP contribution >= 0.6 is 11.6 Å². The largest absolute Gasteiger partial charge is 0.534 e. The number of ether oxygens (including phenoxy) is 2. The molecular weight excluding hydrogens is 442 g/mol. The van der Waals surface area contributed by atoms with Gasteiger partial charge in [-0.1, -0.05) is 54.1 Å². The Morgan fingerprint density at radius 3 is 2.09 bits per heavy atom. The second-order valence-electron chi connectivity index (χ2n) is 9.59. The molecule has 7 heteroatoms. The maximum absolute atomic E-state index is 12.7. The van der Waals surface area contributed by atoms with Crippen LogP contribution in [0.15, 0.2) is 54.6 Å². The Balaban J connectivity index is 2.22. The second kappa shape index (κ2) is 10.8. The molecule has 1 amide bonds. The van der Waals surface area contributed by atoms with Crippen molar-refractivity contribution in [2.45, 2.75) is 65.7 Å². The molecule has 178 valence electrons. The van der Waals surface area contributed by atoms with Gasteiger partial charge in [0.1, 0.15) is 11.2 Å². The second-order valence-corrected chi connectivity index (χ2v) is 10.0. The van der Waals surface area contributed by atoms with Crippen LogP contribution in [0.4, 0.5) is 9.59 Å². The standard InChI is InChI=1S/C26H32ClNO5/c1-18(28(23(29)31-25(2,3)4)33-24(30)32-26(5,6)7)11-12-19-9-8-10-21(17-19)20-13-15-22(27)16-14-20/h8-18H,1-7H3/b12-11+/t18-/m0/s1. The molecule has 0 N–H and O–H groups in total. The summed E-state index contributed by atoms with van der Waals surface area (Å²) in [5.41, 5.74) is 1.44. The Hall–Kier alpha value is -2.99. The van der Waals surface area contributed by atoms with E-state index in [0.717, 1.165) is 21.8 Å². The lowest BCUT2D eigenvalue weighted by molar-refractivity contribution is -0.145. The van der Waals surface area contributed by atoms with Gasteiger partial charge in [-0.3, -0.25) is 4.84 Å². The van der Waals surface area contributed by atoms with Crippen molar-refractivity contribution in [2.75, 3.05) is 0 Å². The van der Waals surface area contributed by atoms with Gasteiger partial charge in [-0.2, -0.15) is 0 Å². The molecule has 1 atom stereocenters. The number of rotatable bonds is 4. The smallest absolute Gasteiger partial charge is 0.442 e. The minimum atomic E-state index is -0.988. The van der Waals surface area contributed by atoms with Crippen LogP contribution in [0.2, 0.25) is 5.02 Å². The van der Waals surface area contributed by atoms with E-state index in [2.05, 4.69) is 0 Å². The quantitative estimate of drug-likeness (QED) is 0.339. The molecule has 0 heterocycles. The number of hydroxylamine groups is 2. The van der Waals surface area contributed by atoms with Crippen molar-refractivity contribution in [1.82, 2.24) is 5.06 Å². The van der Waals surface area contributed by atoms with Gasteiger partial charge in [0.05, 0.1) is 6.04 Å². The van der Waals surface area contributed by atoms with E-state index in [1.807, 2.05) is 54.6 Å². The van der Waals surface area contributed by atoms with Gasteiger partial charge in [-0.25, -0.2) is 9.59 Å². The first-order chi connectivity index (χ1) is 15.2. The molecule has 2 aromatic rings. The van der Waals surface area contributed by atoms with Crippen LogP contribution in [0.3, 0.4) is 0 Å². The van der Waals surface area contributed by atoms with E-state index < -0.39 is 29.5 Å². The molecule has 0 bridgehead atoms. The summed E-state index contributed by atoms with van der Waals surface area (Å²) in [5.74, 6) is 0. The molecule has 0 unspecified atom stereocenters. The van der Waals surface area contributed by atoms with Crippen LogP contribution in [0, 0.1) is 0 Å². The third kappa shape index (κ3) is 9.18. The van der Waals surface area contributed by atoms with Crippen LogP contribution in [0.5, 0.6) is 0 Å². The predicted octanol–water partition coefficient (Wildman–Crippen LogP) is 7.51. The van der Waals surface area contributed by atoms with Crippen molar-refractivity contribution in [3.8, 4) is 11.1 Å². The van der Waals surface area contributed by atoms with Gasteiger partial charge in [0, 0.05) is 5.02 Å². The number of carbonyl (C=O) groups is 2. The molecule has 0 radical (unpaired) electrons. The zero-order valence-corrected chi connectivity index (χ0v) is 21.0. The van der Waals surface area contributed by atoms with Crippen molar-refractivity contribution in [3.63, 3.8) is 0 Å². The van der Waals surface area contributed by atoms with Crippen LogP contribution in [0.1, 0.15) is 54.0 Å². The number of halogens is 1. The minimum absolute atomic E-state index is 0.619. The molecule has 0 saturated carbocycles. The molecule has 0 aromatic heterocycles. The minimum Gasteiger partial charge on any atom is -0.442 e. The Labute approximate surface area is 201 Å². The van der Waals surface area contributed by atoms with E-state index in [-0.39, 0.29) is 0 Å². The summed E-state index contributed by atoms with van der Waals surface area (Å²) in [6.07, 6.45) is 1.81. The summed E-state index contributed by atoms with van der Waals surface area (Å²) in [7, 11) is 0. The van der Waals surface area contributed by atoms with E-state index in [1.165, 1.54) is 0 Å². The average Bonchev–Trinajstić information content (AvgIpc) is 2.68. The summed E-state index contributed by atoms with van der Waals surface area (Å²) in [6.45, 7) is 12.1. The van der Waals surface area contributed by atoms with Gasteiger partial charge in [0.25, 0.3) is 0 Å². The van der Waals surface area contributed by atoms with Crippen LogP contribution in [-0.2, 0) is 14.3 Å². The number of benzene rings is 2. The zero-order valence-electron chi connectivity index (χ0n) is 20.2. The number of amides is 1. The van der Waals surface area contributed by atoms with Crippen molar-refractivity contribution < 1.29 is 23.9 Å². The summed E-state index contributed by atoms with van der Waals surface area (Å²) in [5, 5.41) is 1.55. The molecule has 2 rings (SSSR count). The first-order valence-electron chi connectivity index (χ1n) is 10.7. The molecule has 0 aliphatic rings. The number of carbonyl (C=O) groups excluding carboxylic acids is 2. The molecule has 0 aliphatic carbocycles. The van der Waals surface area contributed by atoms with Crippen LogP contribution < -0.4 is 0 Å². The van der Waals surface area contributed by atoms with Gasteiger partial charge in [0.15, 0.2) is 0 Å². The van der Waals surface area contributed by atoms with E-state index in [1.54, 1.807) is 54.5 Å². The highest BCUT2D eigenvalue weighted by molar-refractivity contribution is 6.30. The molecule has 6 nitrogen and oxygen atoms in total. The SMILES string of the molecule is C[C@@H](/C=C/c1cccc(-c2ccc(Cl)cc2)c1)N(OC(=O)OC(C)(C)C)C(=O)OC(C)(C)C.